The van der Waals surface area contributed by atoms with Crippen molar-refractivity contribution in [3.63, 3.8) is 0 Å². The summed E-state index contributed by atoms with van der Waals surface area (Å²) in [6, 6.07) is 4.00. The minimum absolute atomic E-state index is 0.117. The summed E-state index contributed by atoms with van der Waals surface area (Å²) in [4.78, 5) is 49.1. The van der Waals surface area contributed by atoms with Gasteiger partial charge < -0.3 is 10.2 Å². The molecule has 0 fully saturated rings. The van der Waals surface area contributed by atoms with E-state index in [1.165, 1.54) is 24.3 Å². The van der Waals surface area contributed by atoms with Crippen LogP contribution in [0.2, 0.25) is 0 Å². The monoisotopic (exact) mass is 458 g/mol. The molecule has 0 saturated heterocycles. The van der Waals surface area contributed by atoms with E-state index in [1.54, 1.807) is 0 Å². The van der Waals surface area contributed by atoms with Gasteiger partial charge in [0, 0.05) is 17.2 Å². The molecule has 2 aliphatic heterocycles. The number of quaternary nitrogens is 2. The van der Waals surface area contributed by atoms with Crippen LogP contribution >= 0.6 is 0 Å². The fourth-order valence-electron chi connectivity index (χ4n) is 3.58. The molecule has 3 aliphatic rings. The summed E-state index contributed by atoms with van der Waals surface area (Å²) in [5.41, 5.74) is 2.43. The number of carbonyl (C=O) groups is 4. The highest BCUT2D eigenvalue weighted by Crippen LogP contribution is 2.24. The molecule has 2 heterocycles. The molecule has 0 unspecified atom stereocenters. The molecular formula is C26H22N2O6+2. The number of nitrogens with one attached hydrogen (secondary N) is 2. The van der Waals surface area contributed by atoms with E-state index in [9.17, 15) is 29.4 Å². The van der Waals surface area contributed by atoms with Gasteiger partial charge in [-0.05, 0) is 65.8 Å². The van der Waals surface area contributed by atoms with Crippen LogP contribution in [0.25, 0.3) is 0 Å². The largest absolute Gasteiger partial charge is 0.504 e. The number of hydrogen-bond acceptors (Lipinski definition) is 6. The highest BCUT2D eigenvalue weighted by Gasteiger charge is 2.22. The molecule has 1 aromatic carbocycles. The highest BCUT2D eigenvalue weighted by atomic mass is 16.3. The minimum Gasteiger partial charge on any atom is -0.504 e. The second kappa shape index (κ2) is 9.62. The number of hydrogen-bond donors (Lipinski definition) is 4. The van der Waals surface area contributed by atoms with E-state index in [4.69, 9.17) is 0 Å². The molecule has 8 nitrogen and oxygen atoms in total. The maximum atomic E-state index is 12.4. The van der Waals surface area contributed by atoms with Gasteiger partial charge in [-0.3, -0.25) is 29.0 Å². The van der Waals surface area contributed by atoms with Gasteiger partial charge >= 0.3 is 0 Å². The van der Waals surface area contributed by atoms with Crippen LogP contribution in [-0.2, 0) is 14.4 Å². The fourth-order valence-corrected chi connectivity index (χ4v) is 3.58. The molecule has 4 N–H and O–H groups in total. The number of ketones is 4. The lowest BCUT2D eigenvalue weighted by Gasteiger charge is -2.16. The molecule has 0 atom stereocenters. The average molecular weight is 458 g/mol. The molecule has 0 saturated carbocycles. The van der Waals surface area contributed by atoms with Crippen LogP contribution in [0.3, 0.4) is 0 Å². The van der Waals surface area contributed by atoms with Crippen molar-refractivity contribution in [2.75, 3.05) is 13.1 Å². The highest BCUT2D eigenvalue weighted by molar-refractivity contribution is 6.47. The Kier molecular flexibility index (Phi) is 6.44. The number of Topliss-reactive ketones (excluding diaryl/α,β-unsaturated/α-hetero) is 2. The average Bonchev–Trinajstić information content (AvgIpc) is 2.83. The van der Waals surface area contributed by atoms with Crippen molar-refractivity contribution in [3.05, 3.63) is 108 Å². The first-order valence-corrected chi connectivity index (χ1v) is 10.5. The molecule has 0 spiro atoms. The Morgan fingerprint density at radius 2 is 1.24 bits per heavy atom. The molecule has 0 amide bonds. The lowest BCUT2D eigenvalue weighted by atomic mass is 10.0. The smallest absolute Gasteiger partial charge is 0.226 e. The Morgan fingerprint density at radius 1 is 0.676 bits per heavy atom. The number of phenols is 2. The van der Waals surface area contributed by atoms with Crippen molar-refractivity contribution < 1.29 is 39.2 Å². The molecule has 8 heteroatoms. The summed E-state index contributed by atoms with van der Waals surface area (Å²) < 4.78 is 0. The number of aromatic hydroxyl groups is 2. The van der Waals surface area contributed by atoms with Crippen molar-refractivity contribution in [2.45, 2.75) is 0 Å². The Hall–Kier alpha value is -4.40. The van der Waals surface area contributed by atoms with E-state index in [1.807, 2.05) is 49.1 Å². The number of benzene rings is 1. The van der Waals surface area contributed by atoms with Crippen LogP contribution < -0.4 is 9.80 Å². The first-order chi connectivity index (χ1) is 16.3. The van der Waals surface area contributed by atoms with Crippen molar-refractivity contribution >= 4 is 23.1 Å². The fraction of sp³-hybridized carbons (Fsp3) is 0.0769. The van der Waals surface area contributed by atoms with Crippen molar-refractivity contribution in [3.8, 4) is 11.5 Å². The molecule has 0 radical (unpaired) electrons. The first-order valence-electron chi connectivity index (χ1n) is 10.5. The summed E-state index contributed by atoms with van der Waals surface area (Å²) in [5, 5.41) is 19.0. The molecule has 0 aromatic heterocycles. The van der Waals surface area contributed by atoms with Crippen LogP contribution in [0.4, 0.5) is 0 Å². The van der Waals surface area contributed by atoms with Gasteiger partial charge in [-0.2, -0.15) is 0 Å². The van der Waals surface area contributed by atoms with E-state index in [-0.39, 0.29) is 41.7 Å². The van der Waals surface area contributed by atoms with Crippen molar-refractivity contribution in [2.24, 2.45) is 0 Å². The lowest BCUT2D eigenvalue weighted by Crippen LogP contribution is -3.04. The summed E-state index contributed by atoms with van der Waals surface area (Å²) in [7, 11) is 0. The maximum absolute atomic E-state index is 12.4. The Labute approximate surface area is 195 Å². The standard InChI is InChI=1S/C26H20N2O6/c29-21-3-1-19(13-23(21)31)25(33)15-27-9-5-17(6-10-27)18-7-11-28(12-8-18)16-26(34)20-2-4-22(30)24(32)14-20/h1-14,29,31H,15-16H2/p+2. The number of rotatable bonds is 6. The van der Waals surface area contributed by atoms with Gasteiger partial charge in [-0.25, -0.2) is 0 Å². The summed E-state index contributed by atoms with van der Waals surface area (Å²) in [6.07, 6.45) is 18.5. The Bertz CT molecular complexity index is 1270. The van der Waals surface area contributed by atoms with Crippen LogP contribution in [0.1, 0.15) is 10.4 Å². The van der Waals surface area contributed by atoms with Crippen LogP contribution in [-0.4, -0.2) is 46.4 Å². The van der Waals surface area contributed by atoms with Gasteiger partial charge in [0.15, 0.2) is 11.5 Å². The van der Waals surface area contributed by atoms with E-state index in [0.717, 1.165) is 33.1 Å². The van der Waals surface area contributed by atoms with E-state index in [2.05, 4.69) is 0 Å². The number of phenolic OH excluding ortho intramolecular Hbond substituents is 2. The molecule has 1 aliphatic carbocycles. The molecule has 1 aromatic rings. The molecule has 34 heavy (non-hydrogen) atoms. The predicted molar refractivity (Wildman–Crippen MR) is 122 cm³/mol. The minimum atomic E-state index is -0.687. The van der Waals surface area contributed by atoms with Gasteiger partial charge in [0.05, 0.1) is 24.8 Å². The van der Waals surface area contributed by atoms with Crippen molar-refractivity contribution in [1.29, 1.82) is 0 Å². The maximum Gasteiger partial charge on any atom is 0.226 e. The topological polar surface area (TPSA) is 118 Å². The number of allylic oxidation sites excluding steroid dienone is 9. The molecule has 4 rings (SSSR count). The van der Waals surface area contributed by atoms with E-state index in [0.29, 0.717) is 5.56 Å². The van der Waals surface area contributed by atoms with Gasteiger partial charge in [0.1, 0.15) is 13.1 Å². The van der Waals surface area contributed by atoms with Crippen LogP contribution in [0.5, 0.6) is 11.5 Å². The Balaban J connectivity index is 1.34. The van der Waals surface area contributed by atoms with Gasteiger partial charge in [-0.15, -0.1) is 0 Å². The third-order valence-electron chi connectivity index (χ3n) is 5.53. The first kappa shape index (κ1) is 22.8. The summed E-state index contributed by atoms with van der Waals surface area (Å²) >= 11 is 0. The SMILES string of the molecule is O=C1C=CC(C(=O)C[NH+]2C=CC(=C3C=C[NH+](CC(=O)c4ccc(O)c(O)c4)C=C3)C=C2)=CC1=O. The third-order valence-corrected chi connectivity index (χ3v) is 5.53. The predicted octanol–water partition coefficient (Wildman–Crippen LogP) is -0.368. The second-order valence-corrected chi connectivity index (χ2v) is 7.96. The summed E-state index contributed by atoms with van der Waals surface area (Å²) in [5.74, 6) is -2.33. The van der Waals surface area contributed by atoms with Gasteiger partial charge in [0.2, 0.25) is 23.1 Å². The second-order valence-electron chi connectivity index (χ2n) is 7.96. The van der Waals surface area contributed by atoms with Crippen molar-refractivity contribution in [1.82, 2.24) is 0 Å². The molecule has 0 bridgehead atoms. The van der Waals surface area contributed by atoms with Gasteiger partial charge in [0.25, 0.3) is 0 Å². The van der Waals surface area contributed by atoms with Crippen LogP contribution in [0, 0.1) is 0 Å². The number of carbonyl (C=O) groups excluding carboxylic acids is 4. The quantitative estimate of drug-likeness (QED) is 0.200. The zero-order valence-corrected chi connectivity index (χ0v) is 18.0. The van der Waals surface area contributed by atoms with Gasteiger partial charge in [-0.1, -0.05) is 0 Å². The van der Waals surface area contributed by atoms with Crippen LogP contribution in [0.15, 0.2) is 102 Å². The third kappa shape index (κ3) is 5.15. The lowest BCUT2D eigenvalue weighted by molar-refractivity contribution is -0.781. The molecule has 170 valence electrons. The van der Waals surface area contributed by atoms with E-state index >= 15 is 0 Å². The normalized spacial score (nSPS) is 21.2. The van der Waals surface area contributed by atoms with E-state index < -0.39 is 11.6 Å². The Morgan fingerprint density at radius 3 is 1.76 bits per heavy atom. The summed E-state index contributed by atoms with van der Waals surface area (Å²) in [6.45, 7) is 0.274. The zero-order chi connectivity index (χ0) is 24.2. The zero-order valence-electron chi connectivity index (χ0n) is 18.0. The molecular weight excluding hydrogens is 436 g/mol.